The molecule has 4 nitrogen and oxygen atoms in total. The molecule has 0 amide bonds. The van der Waals surface area contributed by atoms with Crippen molar-refractivity contribution in [3.05, 3.63) is 40.0 Å². The van der Waals surface area contributed by atoms with Crippen LogP contribution in [0.25, 0.3) is 0 Å². The van der Waals surface area contributed by atoms with Crippen LogP contribution >= 0.6 is 11.6 Å². The Balaban J connectivity index is 2.04. The molecule has 0 radical (unpaired) electrons. The summed E-state index contributed by atoms with van der Waals surface area (Å²) in [6.45, 7) is 11.0. The van der Waals surface area contributed by atoms with E-state index in [0.29, 0.717) is 0 Å². The lowest BCUT2D eigenvalue weighted by Crippen LogP contribution is -2.38. The van der Waals surface area contributed by atoms with Crippen LogP contribution in [0.5, 0.6) is 5.75 Å². The normalized spacial score (nSPS) is 13.7. The number of unbranched alkanes of at least 4 members (excludes halogenated alkanes) is 2. The summed E-state index contributed by atoms with van der Waals surface area (Å²) in [6.07, 6.45) is 3.46. The maximum absolute atomic E-state index is 6.26. The Hall–Kier alpha value is -1.94. The summed E-state index contributed by atoms with van der Waals surface area (Å²) >= 11 is 6.26. The van der Waals surface area contributed by atoms with E-state index in [2.05, 4.69) is 43.7 Å². The third-order valence-corrected chi connectivity index (χ3v) is 5.31. The number of rotatable bonds is 6. The third-order valence-electron chi connectivity index (χ3n) is 5.10. The molecule has 0 saturated carbocycles. The number of halogens is 1. The number of hydrogen-bond acceptors (Lipinski definition) is 4. The Morgan fingerprint density at radius 3 is 2.41 bits per heavy atom. The number of fused-ring (bicyclic) bond motifs is 1. The molecule has 0 aliphatic carbocycles. The molecule has 2 heterocycles. The van der Waals surface area contributed by atoms with Crippen LogP contribution in [-0.2, 0) is 0 Å². The molecule has 1 aliphatic heterocycles. The number of pyridine rings is 1. The second kappa shape index (κ2) is 8.39. The molecule has 5 heteroatoms. The number of aromatic nitrogens is 1. The van der Waals surface area contributed by atoms with Crippen molar-refractivity contribution in [3.63, 3.8) is 0 Å². The van der Waals surface area contributed by atoms with Crippen molar-refractivity contribution in [2.24, 2.45) is 0 Å². The molecular formula is C22H30ClN3O. The van der Waals surface area contributed by atoms with Gasteiger partial charge in [0.2, 0.25) is 0 Å². The fourth-order valence-electron chi connectivity index (χ4n) is 3.83. The number of hydrogen-bond donors (Lipinski definition) is 0. The van der Waals surface area contributed by atoms with Crippen LogP contribution in [-0.4, -0.2) is 31.7 Å². The molecule has 0 unspecified atom stereocenters. The summed E-state index contributed by atoms with van der Waals surface area (Å²) in [6, 6.07) is 6.12. The van der Waals surface area contributed by atoms with Crippen LogP contribution in [0.3, 0.4) is 0 Å². The molecule has 2 aromatic rings. The van der Waals surface area contributed by atoms with Gasteiger partial charge in [0.05, 0.1) is 6.61 Å². The van der Waals surface area contributed by atoms with Crippen molar-refractivity contribution in [1.29, 1.82) is 0 Å². The predicted octanol–water partition coefficient (Wildman–Crippen LogP) is 5.82. The topological polar surface area (TPSA) is 28.6 Å². The molecule has 1 aromatic carbocycles. The Bertz CT molecular complexity index is 798. The molecule has 27 heavy (non-hydrogen) atoms. The van der Waals surface area contributed by atoms with E-state index in [0.717, 1.165) is 54.1 Å². The predicted molar refractivity (Wildman–Crippen MR) is 115 cm³/mol. The lowest BCUT2D eigenvalue weighted by atomic mass is 10.1. The monoisotopic (exact) mass is 387 g/mol. The van der Waals surface area contributed by atoms with Crippen LogP contribution in [0.1, 0.15) is 43.0 Å². The SMILES string of the molecule is CCCCCOc1cc(C)nc2c1N(C)CCN2c1c(C)cc(Cl)cc1C. The van der Waals surface area contributed by atoms with Crippen LogP contribution in [0.4, 0.5) is 17.2 Å². The minimum atomic E-state index is 0.747. The largest absolute Gasteiger partial charge is 0.491 e. The van der Waals surface area contributed by atoms with E-state index < -0.39 is 0 Å². The van der Waals surface area contributed by atoms with E-state index in [-0.39, 0.29) is 0 Å². The van der Waals surface area contributed by atoms with Gasteiger partial charge in [0, 0.05) is 42.6 Å². The van der Waals surface area contributed by atoms with Crippen LogP contribution < -0.4 is 14.5 Å². The number of aryl methyl sites for hydroxylation is 3. The lowest BCUT2D eigenvalue weighted by molar-refractivity contribution is 0.306. The van der Waals surface area contributed by atoms with Crippen molar-refractivity contribution < 1.29 is 4.74 Å². The highest BCUT2D eigenvalue weighted by atomic mass is 35.5. The Morgan fingerprint density at radius 2 is 1.74 bits per heavy atom. The summed E-state index contributed by atoms with van der Waals surface area (Å²) in [5.74, 6) is 1.91. The van der Waals surface area contributed by atoms with Gasteiger partial charge in [-0.15, -0.1) is 0 Å². The Kier molecular flexibility index (Phi) is 6.15. The molecule has 1 aliphatic rings. The molecule has 1 aromatic heterocycles. The number of nitrogens with zero attached hydrogens (tertiary/aromatic N) is 3. The average molecular weight is 388 g/mol. The smallest absolute Gasteiger partial charge is 0.160 e. The van der Waals surface area contributed by atoms with Crippen molar-refractivity contribution in [2.75, 3.05) is 36.5 Å². The van der Waals surface area contributed by atoms with Crippen molar-refractivity contribution in [1.82, 2.24) is 4.98 Å². The van der Waals surface area contributed by atoms with Crippen molar-refractivity contribution in [3.8, 4) is 5.75 Å². The zero-order valence-corrected chi connectivity index (χ0v) is 17.9. The summed E-state index contributed by atoms with van der Waals surface area (Å²) in [4.78, 5) is 9.48. The third kappa shape index (κ3) is 4.16. The maximum atomic E-state index is 6.26. The van der Waals surface area contributed by atoms with Gasteiger partial charge in [0.1, 0.15) is 11.4 Å². The van der Waals surface area contributed by atoms with Gasteiger partial charge in [0.15, 0.2) is 5.82 Å². The van der Waals surface area contributed by atoms with E-state index in [1.807, 2.05) is 19.1 Å². The van der Waals surface area contributed by atoms with Gasteiger partial charge in [-0.3, -0.25) is 0 Å². The van der Waals surface area contributed by atoms with Gasteiger partial charge in [-0.05, 0) is 50.5 Å². The molecule has 0 atom stereocenters. The van der Waals surface area contributed by atoms with Crippen molar-refractivity contribution in [2.45, 2.75) is 47.0 Å². The quantitative estimate of drug-likeness (QED) is 0.584. The number of benzene rings is 1. The van der Waals surface area contributed by atoms with Crippen LogP contribution in [0.2, 0.25) is 5.02 Å². The van der Waals surface area contributed by atoms with Crippen LogP contribution in [0.15, 0.2) is 18.2 Å². The van der Waals surface area contributed by atoms with E-state index >= 15 is 0 Å². The zero-order chi connectivity index (χ0) is 19.6. The number of ether oxygens (including phenoxy) is 1. The first-order chi connectivity index (χ1) is 12.9. The molecular weight excluding hydrogens is 358 g/mol. The minimum Gasteiger partial charge on any atom is -0.491 e. The van der Waals surface area contributed by atoms with Gasteiger partial charge in [0.25, 0.3) is 0 Å². The molecule has 3 rings (SSSR count). The molecule has 0 spiro atoms. The van der Waals surface area contributed by atoms with Gasteiger partial charge in [-0.2, -0.15) is 0 Å². The molecule has 0 fully saturated rings. The first-order valence-corrected chi connectivity index (χ1v) is 10.2. The molecule has 0 N–H and O–H groups in total. The highest BCUT2D eigenvalue weighted by molar-refractivity contribution is 6.30. The van der Waals surface area contributed by atoms with Gasteiger partial charge >= 0.3 is 0 Å². The summed E-state index contributed by atoms with van der Waals surface area (Å²) in [5.41, 5.74) is 5.60. The van der Waals surface area contributed by atoms with Crippen LogP contribution in [0, 0.1) is 20.8 Å². The summed E-state index contributed by atoms with van der Waals surface area (Å²) in [5, 5.41) is 0.778. The Morgan fingerprint density at radius 1 is 1.04 bits per heavy atom. The van der Waals surface area contributed by atoms with Gasteiger partial charge in [-0.1, -0.05) is 31.4 Å². The molecule has 146 valence electrons. The fourth-order valence-corrected chi connectivity index (χ4v) is 4.15. The summed E-state index contributed by atoms with van der Waals surface area (Å²) in [7, 11) is 2.12. The first-order valence-electron chi connectivity index (χ1n) is 9.82. The highest BCUT2D eigenvalue weighted by Gasteiger charge is 2.28. The minimum absolute atomic E-state index is 0.747. The van der Waals surface area contributed by atoms with E-state index in [1.165, 1.54) is 29.7 Å². The van der Waals surface area contributed by atoms with E-state index in [1.54, 1.807) is 0 Å². The molecule has 0 bridgehead atoms. The lowest BCUT2D eigenvalue weighted by Gasteiger charge is -2.38. The molecule has 0 saturated heterocycles. The number of likely N-dealkylation sites (N-methyl/N-ethyl adjacent to an activating group) is 1. The highest BCUT2D eigenvalue weighted by Crippen LogP contribution is 2.44. The second-order valence-electron chi connectivity index (χ2n) is 7.45. The fraction of sp³-hybridized carbons (Fsp3) is 0.500. The average Bonchev–Trinajstić information content (AvgIpc) is 2.59. The van der Waals surface area contributed by atoms with Crippen molar-refractivity contribution >= 4 is 28.8 Å². The Labute approximate surface area is 168 Å². The maximum Gasteiger partial charge on any atom is 0.160 e. The first kappa shape index (κ1) is 19.8. The van der Waals surface area contributed by atoms with E-state index in [4.69, 9.17) is 21.3 Å². The summed E-state index contributed by atoms with van der Waals surface area (Å²) < 4.78 is 6.19. The second-order valence-corrected chi connectivity index (χ2v) is 7.89. The zero-order valence-electron chi connectivity index (χ0n) is 17.1. The van der Waals surface area contributed by atoms with E-state index in [9.17, 15) is 0 Å². The number of anilines is 3. The van der Waals surface area contributed by atoms with Gasteiger partial charge in [-0.25, -0.2) is 4.98 Å². The standard InChI is InChI=1S/C22H30ClN3O/c1-6-7-8-11-27-19-14-17(4)24-22-21(19)25(5)9-10-26(22)20-15(2)12-18(23)13-16(20)3/h12-14H,6-11H2,1-5H3. The van der Waals surface area contributed by atoms with Gasteiger partial charge < -0.3 is 14.5 Å².